The third-order valence-electron chi connectivity index (χ3n) is 2.69. The summed E-state index contributed by atoms with van der Waals surface area (Å²) >= 11 is 3.23. The third-order valence-corrected chi connectivity index (χ3v) is 4.28. The van der Waals surface area contributed by atoms with Gasteiger partial charge in [-0.05, 0) is 40.9 Å². The molecule has 0 heterocycles. The van der Waals surface area contributed by atoms with Crippen LogP contribution in [0.25, 0.3) is 10.8 Å². The Morgan fingerprint density at radius 1 is 1.00 bits per heavy atom. The van der Waals surface area contributed by atoms with Crippen molar-refractivity contribution in [1.29, 1.82) is 0 Å². The summed E-state index contributed by atoms with van der Waals surface area (Å²) in [6.45, 7) is 0. The molecule has 0 bridgehead atoms. The molecular weight excluding hydrogens is 251 g/mol. The zero-order valence-corrected chi connectivity index (χ0v) is 11.3. The Morgan fingerprint density at radius 3 is 2.29 bits per heavy atom. The lowest BCUT2D eigenvalue weighted by atomic mass is 9.79. The first-order valence-electron chi connectivity index (χ1n) is 5.18. The molecule has 17 heavy (non-hydrogen) atoms. The van der Waals surface area contributed by atoms with Gasteiger partial charge < -0.3 is 10.0 Å². The minimum Gasteiger partial charge on any atom is -0.423 e. The monoisotopic (exact) mass is 264 g/mol. The molecule has 2 rings (SSSR count). The van der Waals surface area contributed by atoms with Crippen molar-refractivity contribution in [2.45, 2.75) is 9.79 Å². The fourth-order valence-corrected chi connectivity index (χ4v) is 3.10. The minimum atomic E-state index is -1.42. The van der Waals surface area contributed by atoms with Crippen LogP contribution in [0.1, 0.15) is 0 Å². The predicted molar refractivity (Wildman–Crippen MR) is 77.3 cm³/mol. The Labute approximate surface area is 110 Å². The Kier molecular flexibility index (Phi) is 4.04. The number of rotatable bonds is 3. The predicted octanol–water partition coefficient (Wildman–Crippen LogP) is 1.96. The molecule has 5 heteroatoms. The van der Waals surface area contributed by atoms with Gasteiger partial charge in [0.25, 0.3) is 0 Å². The smallest absolute Gasteiger partial charge is 0.423 e. The standard InChI is InChI=1S/C12H13BO2S2/c1-16-11-5-3-4-8-6-10(13(14)15)12(17-2)7-9(8)11/h3-7,14-15H,1-2H3. The molecule has 0 fully saturated rings. The Balaban J connectivity index is 2.73. The van der Waals surface area contributed by atoms with E-state index in [4.69, 9.17) is 0 Å². The normalized spacial score (nSPS) is 10.8. The average Bonchev–Trinajstić information content (AvgIpc) is 2.36. The van der Waals surface area contributed by atoms with Gasteiger partial charge in [-0.25, -0.2) is 0 Å². The van der Waals surface area contributed by atoms with Gasteiger partial charge in [0, 0.05) is 9.79 Å². The second kappa shape index (κ2) is 5.35. The number of fused-ring (bicyclic) bond motifs is 1. The van der Waals surface area contributed by atoms with Crippen LogP contribution in [-0.2, 0) is 0 Å². The number of benzene rings is 2. The van der Waals surface area contributed by atoms with Crippen molar-refractivity contribution in [3.8, 4) is 0 Å². The molecule has 0 aromatic heterocycles. The van der Waals surface area contributed by atoms with E-state index in [1.807, 2.05) is 36.8 Å². The van der Waals surface area contributed by atoms with E-state index < -0.39 is 7.12 Å². The van der Waals surface area contributed by atoms with Crippen molar-refractivity contribution in [2.75, 3.05) is 12.5 Å². The van der Waals surface area contributed by atoms with Gasteiger partial charge >= 0.3 is 7.12 Å². The summed E-state index contributed by atoms with van der Waals surface area (Å²) < 4.78 is 0. The largest absolute Gasteiger partial charge is 0.489 e. The molecule has 88 valence electrons. The molecule has 0 atom stereocenters. The van der Waals surface area contributed by atoms with Crippen LogP contribution < -0.4 is 5.46 Å². The van der Waals surface area contributed by atoms with Crippen LogP contribution in [0.3, 0.4) is 0 Å². The van der Waals surface area contributed by atoms with Crippen molar-refractivity contribution in [3.63, 3.8) is 0 Å². The third kappa shape index (κ3) is 2.47. The SMILES string of the molecule is CSc1cc2c(SC)cccc2cc1B(O)O. The molecule has 0 aliphatic carbocycles. The molecular formula is C12H13BO2S2. The van der Waals surface area contributed by atoms with Gasteiger partial charge in [-0.1, -0.05) is 18.2 Å². The van der Waals surface area contributed by atoms with Crippen molar-refractivity contribution < 1.29 is 10.0 Å². The highest BCUT2D eigenvalue weighted by atomic mass is 32.2. The first kappa shape index (κ1) is 12.8. The van der Waals surface area contributed by atoms with Crippen molar-refractivity contribution in [2.24, 2.45) is 0 Å². The summed E-state index contributed by atoms with van der Waals surface area (Å²) in [7, 11) is -1.42. The highest BCUT2D eigenvalue weighted by molar-refractivity contribution is 7.99. The Morgan fingerprint density at radius 2 is 1.71 bits per heavy atom. The first-order valence-corrected chi connectivity index (χ1v) is 7.63. The van der Waals surface area contributed by atoms with E-state index in [0.29, 0.717) is 5.46 Å². The number of hydrogen-bond donors (Lipinski definition) is 2. The Bertz CT molecular complexity index is 543. The minimum absolute atomic E-state index is 0.572. The zero-order chi connectivity index (χ0) is 12.4. The topological polar surface area (TPSA) is 40.5 Å². The van der Waals surface area contributed by atoms with Crippen LogP contribution in [-0.4, -0.2) is 29.7 Å². The molecule has 0 saturated heterocycles. The van der Waals surface area contributed by atoms with Gasteiger partial charge in [-0.3, -0.25) is 0 Å². The van der Waals surface area contributed by atoms with Crippen LogP contribution in [0.4, 0.5) is 0 Å². The molecule has 0 aliphatic rings. The van der Waals surface area contributed by atoms with E-state index in [-0.39, 0.29) is 0 Å². The van der Waals surface area contributed by atoms with E-state index >= 15 is 0 Å². The van der Waals surface area contributed by atoms with Gasteiger partial charge in [0.2, 0.25) is 0 Å². The van der Waals surface area contributed by atoms with Gasteiger partial charge in [-0.2, -0.15) is 0 Å². The second-order valence-electron chi connectivity index (χ2n) is 3.65. The number of thioether (sulfide) groups is 2. The van der Waals surface area contributed by atoms with Crippen LogP contribution in [0.2, 0.25) is 0 Å². The fourth-order valence-electron chi connectivity index (χ4n) is 1.85. The summed E-state index contributed by atoms with van der Waals surface area (Å²) in [6.07, 6.45) is 3.98. The molecule has 2 nitrogen and oxygen atoms in total. The summed E-state index contributed by atoms with van der Waals surface area (Å²) in [5.41, 5.74) is 0.572. The van der Waals surface area contributed by atoms with E-state index in [2.05, 4.69) is 6.07 Å². The van der Waals surface area contributed by atoms with Crippen molar-refractivity contribution in [1.82, 2.24) is 0 Å². The summed E-state index contributed by atoms with van der Waals surface area (Å²) in [5.74, 6) is 0. The lowest BCUT2D eigenvalue weighted by molar-refractivity contribution is 0.425. The molecule has 0 spiro atoms. The van der Waals surface area contributed by atoms with Crippen LogP contribution in [0.5, 0.6) is 0 Å². The van der Waals surface area contributed by atoms with Gasteiger partial charge in [0.05, 0.1) is 0 Å². The van der Waals surface area contributed by atoms with E-state index in [1.54, 1.807) is 11.8 Å². The molecule has 0 saturated carbocycles. The maximum absolute atomic E-state index is 9.36. The molecule has 2 N–H and O–H groups in total. The van der Waals surface area contributed by atoms with E-state index in [0.717, 1.165) is 15.7 Å². The van der Waals surface area contributed by atoms with Crippen molar-refractivity contribution in [3.05, 3.63) is 30.3 Å². The van der Waals surface area contributed by atoms with Gasteiger partial charge in [0.15, 0.2) is 0 Å². The van der Waals surface area contributed by atoms with Crippen LogP contribution in [0, 0.1) is 0 Å². The Hall–Kier alpha value is -0.615. The molecule has 0 unspecified atom stereocenters. The van der Waals surface area contributed by atoms with Crippen LogP contribution in [0.15, 0.2) is 40.1 Å². The van der Waals surface area contributed by atoms with E-state index in [9.17, 15) is 10.0 Å². The second-order valence-corrected chi connectivity index (χ2v) is 5.35. The highest BCUT2D eigenvalue weighted by Gasteiger charge is 2.17. The highest BCUT2D eigenvalue weighted by Crippen LogP contribution is 2.28. The lowest BCUT2D eigenvalue weighted by Crippen LogP contribution is -2.31. The molecule has 2 aromatic carbocycles. The average molecular weight is 264 g/mol. The fraction of sp³-hybridized carbons (Fsp3) is 0.167. The lowest BCUT2D eigenvalue weighted by Gasteiger charge is -2.11. The molecule has 0 aliphatic heterocycles. The summed E-state index contributed by atoms with van der Waals surface area (Å²) in [6, 6.07) is 9.93. The van der Waals surface area contributed by atoms with Crippen molar-refractivity contribution >= 4 is 46.9 Å². The summed E-state index contributed by atoms with van der Waals surface area (Å²) in [4.78, 5) is 2.12. The summed E-state index contributed by atoms with van der Waals surface area (Å²) in [5, 5.41) is 20.9. The van der Waals surface area contributed by atoms with E-state index in [1.165, 1.54) is 16.7 Å². The quantitative estimate of drug-likeness (QED) is 0.657. The van der Waals surface area contributed by atoms with Gasteiger partial charge in [0.1, 0.15) is 0 Å². The van der Waals surface area contributed by atoms with Gasteiger partial charge in [-0.15, -0.1) is 23.5 Å². The molecule has 0 amide bonds. The first-order chi connectivity index (χ1) is 8.17. The molecule has 0 radical (unpaired) electrons. The number of hydrogen-bond acceptors (Lipinski definition) is 4. The van der Waals surface area contributed by atoms with Crippen LogP contribution >= 0.6 is 23.5 Å². The zero-order valence-electron chi connectivity index (χ0n) is 9.68. The molecule has 2 aromatic rings. The maximum atomic E-state index is 9.36. The maximum Gasteiger partial charge on any atom is 0.489 e.